The number of rotatable bonds is 5. The van der Waals surface area contributed by atoms with Crippen LogP contribution < -0.4 is 4.73 Å². The van der Waals surface area contributed by atoms with Crippen LogP contribution in [0.4, 0.5) is 0 Å². The predicted molar refractivity (Wildman–Crippen MR) is 121 cm³/mol. The summed E-state index contributed by atoms with van der Waals surface area (Å²) in [6, 6.07) is 11.8. The minimum atomic E-state index is -1.27. The van der Waals surface area contributed by atoms with Crippen LogP contribution in [0.1, 0.15) is 24.0 Å². The van der Waals surface area contributed by atoms with E-state index >= 15 is 0 Å². The standard InChI is InChI=1S/C23H29BrN4O3/c24-21-4-2-1-3-20(21)18-26-13-15-27(16-14-26)22(29)23(30)7-11-25(12-8-23)17-19-5-9-28(31)10-6-19/h1-6,9-10,30H,7-8,11-18H2. The van der Waals surface area contributed by atoms with Crippen LogP contribution in [-0.2, 0) is 17.9 Å². The van der Waals surface area contributed by atoms with Crippen LogP contribution in [0, 0.1) is 5.21 Å². The Morgan fingerprint density at radius 2 is 1.58 bits per heavy atom. The third-order valence-electron chi connectivity index (χ3n) is 6.37. The highest BCUT2D eigenvalue weighted by atomic mass is 79.9. The molecule has 2 aromatic rings. The van der Waals surface area contributed by atoms with Crippen LogP contribution in [0.3, 0.4) is 0 Å². The molecule has 2 aliphatic rings. The molecule has 2 saturated heterocycles. The Kier molecular flexibility index (Phi) is 6.91. The zero-order chi connectivity index (χ0) is 21.8. The van der Waals surface area contributed by atoms with Crippen molar-refractivity contribution in [2.45, 2.75) is 31.5 Å². The number of piperazine rings is 1. The molecule has 0 spiro atoms. The lowest BCUT2D eigenvalue weighted by atomic mass is 9.89. The molecule has 3 heterocycles. The van der Waals surface area contributed by atoms with E-state index in [1.807, 2.05) is 29.2 Å². The first-order valence-corrected chi connectivity index (χ1v) is 11.6. The van der Waals surface area contributed by atoms with Gasteiger partial charge in [0.1, 0.15) is 5.60 Å². The summed E-state index contributed by atoms with van der Waals surface area (Å²) in [6.45, 7) is 5.81. The van der Waals surface area contributed by atoms with Crippen LogP contribution in [0.15, 0.2) is 53.3 Å². The van der Waals surface area contributed by atoms with E-state index in [4.69, 9.17) is 0 Å². The summed E-state index contributed by atoms with van der Waals surface area (Å²) in [5.74, 6) is -0.125. The van der Waals surface area contributed by atoms with Gasteiger partial charge in [-0.3, -0.25) is 14.6 Å². The Morgan fingerprint density at radius 1 is 0.968 bits per heavy atom. The summed E-state index contributed by atoms with van der Waals surface area (Å²) >= 11 is 3.60. The molecule has 2 aliphatic heterocycles. The quantitative estimate of drug-likeness (QED) is 0.512. The highest BCUT2D eigenvalue weighted by molar-refractivity contribution is 9.10. The monoisotopic (exact) mass is 488 g/mol. The number of hydrogen-bond donors (Lipinski definition) is 1. The molecule has 0 aliphatic carbocycles. The molecule has 0 saturated carbocycles. The van der Waals surface area contributed by atoms with Crippen molar-refractivity contribution in [1.29, 1.82) is 0 Å². The largest absolute Gasteiger partial charge is 0.619 e. The second-order valence-electron chi connectivity index (χ2n) is 8.53. The van der Waals surface area contributed by atoms with E-state index in [0.717, 1.165) is 40.9 Å². The van der Waals surface area contributed by atoms with E-state index in [-0.39, 0.29) is 5.91 Å². The molecule has 2 fully saturated rings. The highest BCUT2D eigenvalue weighted by Crippen LogP contribution is 2.26. The van der Waals surface area contributed by atoms with Gasteiger partial charge in [0.25, 0.3) is 5.91 Å². The molecule has 1 aromatic heterocycles. The van der Waals surface area contributed by atoms with Gasteiger partial charge in [0.05, 0.1) is 0 Å². The number of carbonyl (C=O) groups is 1. The van der Waals surface area contributed by atoms with Gasteiger partial charge in [-0.2, -0.15) is 4.73 Å². The Balaban J connectivity index is 1.26. The van der Waals surface area contributed by atoms with Crippen molar-refractivity contribution in [3.05, 3.63) is 69.6 Å². The van der Waals surface area contributed by atoms with Crippen molar-refractivity contribution >= 4 is 21.8 Å². The lowest BCUT2D eigenvalue weighted by molar-refractivity contribution is -0.605. The number of hydrogen-bond acceptors (Lipinski definition) is 5. The molecule has 0 atom stereocenters. The number of piperidine rings is 1. The normalized spacial score (nSPS) is 20.0. The lowest BCUT2D eigenvalue weighted by Crippen LogP contribution is -2.58. The third-order valence-corrected chi connectivity index (χ3v) is 7.14. The van der Waals surface area contributed by atoms with E-state index in [2.05, 4.69) is 37.9 Å². The first kappa shape index (κ1) is 22.2. The van der Waals surface area contributed by atoms with E-state index in [0.29, 0.717) is 39.0 Å². The fourth-order valence-electron chi connectivity index (χ4n) is 4.37. The van der Waals surface area contributed by atoms with Crippen LogP contribution in [-0.4, -0.2) is 70.6 Å². The molecule has 1 N–H and O–H groups in total. The molecular formula is C23H29BrN4O3. The van der Waals surface area contributed by atoms with Gasteiger partial charge in [0, 0.05) is 69.0 Å². The Bertz CT molecular complexity index is 892. The van der Waals surface area contributed by atoms with Crippen LogP contribution in [0.25, 0.3) is 0 Å². The smallest absolute Gasteiger partial charge is 0.254 e. The average molecular weight is 489 g/mol. The minimum absolute atomic E-state index is 0.125. The molecule has 31 heavy (non-hydrogen) atoms. The maximum atomic E-state index is 13.1. The number of carbonyl (C=O) groups excluding carboxylic acids is 1. The topological polar surface area (TPSA) is 74.0 Å². The van der Waals surface area contributed by atoms with E-state index in [1.54, 1.807) is 0 Å². The zero-order valence-electron chi connectivity index (χ0n) is 17.6. The zero-order valence-corrected chi connectivity index (χ0v) is 19.2. The van der Waals surface area contributed by atoms with E-state index in [9.17, 15) is 15.1 Å². The number of benzene rings is 1. The number of nitrogens with zero attached hydrogens (tertiary/aromatic N) is 4. The van der Waals surface area contributed by atoms with Crippen molar-refractivity contribution in [2.75, 3.05) is 39.3 Å². The first-order valence-electron chi connectivity index (χ1n) is 10.8. The summed E-state index contributed by atoms with van der Waals surface area (Å²) in [4.78, 5) is 19.5. The first-order chi connectivity index (χ1) is 14.9. The Hall–Kier alpha value is -2.00. The number of aliphatic hydroxyl groups is 1. The van der Waals surface area contributed by atoms with E-state index < -0.39 is 5.60 Å². The number of amides is 1. The maximum absolute atomic E-state index is 13.1. The van der Waals surface area contributed by atoms with Crippen molar-refractivity contribution in [3.8, 4) is 0 Å². The number of aromatic nitrogens is 1. The van der Waals surface area contributed by atoms with Crippen molar-refractivity contribution < 1.29 is 14.6 Å². The van der Waals surface area contributed by atoms with Crippen LogP contribution in [0.2, 0.25) is 0 Å². The molecule has 1 aromatic carbocycles. The second-order valence-corrected chi connectivity index (χ2v) is 9.39. The Morgan fingerprint density at radius 3 is 2.23 bits per heavy atom. The van der Waals surface area contributed by atoms with Gasteiger partial charge in [-0.25, -0.2) is 0 Å². The molecule has 166 valence electrons. The summed E-state index contributed by atoms with van der Waals surface area (Å²) in [5, 5.41) is 22.2. The summed E-state index contributed by atoms with van der Waals surface area (Å²) in [6.07, 6.45) is 3.87. The Labute approximate surface area is 191 Å². The van der Waals surface area contributed by atoms with Gasteiger partial charge in [-0.15, -0.1) is 0 Å². The molecule has 8 heteroatoms. The highest BCUT2D eigenvalue weighted by Gasteiger charge is 2.42. The number of halogens is 1. The molecule has 4 rings (SSSR count). The number of pyridine rings is 1. The van der Waals surface area contributed by atoms with Crippen molar-refractivity contribution in [3.63, 3.8) is 0 Å². The van der Waals surface area contributed by atoms with Gasteiger partial charge >= 0.3 is 0 Å². The van der Waals surface area contributed by atoms with Gasteiger partial charge in [0.15, 0.2) is 12.4 Å². The molecule has 7 nitrogen and oxygen atoms in total. The third kappa shape index (κ3) is 5.44. The molecule has 1 amide bonds. The van der Waals surface area contributed by atoms with Gasteiger partial charge in [0.2, 0.25) is 0 Å². The molecule has 0 radical (unpaired) electrons. The minimum Gasteiger partial charge on any atom is -0.619 e. The fraction of sp³-hybridized carbons (Fsp3) is 0.478. The molecular weight excluding hydrogens is 460 g/mol. The second kappa shape index (κ2) is 9.65. The summed E-state index contributed by atoms with van der Waals surface area (Å²) < 4.78 is 1.88. The average Bonchev–Trinajstić information content (AvgIpc) is 2.79. The van der Waals surface area contributed by atoms with Crippen molar-refractivity contribution in [2.24, 2.45) is 0 Å². The van der Waals surface area contributed by atoms with Gasteiger partial charge < -0.3 is 15.2 Å². The molecule has 0 bridgehead atoms. The van der Waals surface area contributed by atoms with E-state index in [1.165, 1.54) is 18.0 Å². The number of likely N-dealkylation sites (tertiary alicyclic amines) is 1. The summed E-state index contributed by atoms with van der Waals surface area (Å²) in [5.41, 5.74) is 1.04. The van der Waals surface area contributed by atoms with Crippen LogP contribution >= 0.6 is 15.9 Å². The predicted octanol–water partition coefficient (Wildman–Crippen LogP) is 1.75. The summed E-state index contributed by atoms with van der Waals surface area (Å²) in [7, 11) is 0. The SMILES string of the molecule is O=C(N1CCN(Cc2ccccc2Br)CC1)C1(O)CCN(Cc2cc[n+]([O-])cc2)CC1. The van der Waals surface area contributed by atoms with Crippen LogP contribution in [0.5, 0.6) is 0 Å². The van der Waals surface area contributed by atoms with Crippen molar-refractivity contribution in [1.82, 2.24) is 14.7 Å². The lowest BCUT2D eigenvalue weighted by Gasteiger charge is -2.42. The maximum Gasteiger partial charge on any atom is 0.254 e. The van der Waals surface area contributed by atoms with Gasteiger partial charge in [-0.05, 0) is 30.0 Å². The fourth-order valence-corrected chi connectivity index (χ4v) is 4.78. The molecule has 0 unspecified atom stereocenters. The van der Waals surface area contributed by atoms with Gasteiger partial charge in [-0.1, -0.05) is 34.1 Å².